The van der Waals surface area contributed by atoms with Crippen LogP contribution in [0.1, 0.15) is 82.0 Å². The molecule has 1 aromatic heterocycles. The first kappa shape index (κ1) is 19.4. The van der Waals surface area contributed by atoms with Crippen LogP contribution < -0.4 is 0 Å². The van der Waals surface area contributed by atoms with Gasteiger partial charge in [0.05, 0.1) is 28.7 Å². The number of hydrogen-bond donors (Lipinski definition) is 2. The molecule has 2 aromatic rings. The average Bonchev–Trinajstić information content (AvgIpc) is 3.12. The SMILES string of the molecule is CCc1nn(C2CCCCC2)c2cc(C3(C#N)CCC(C(O)O)CC3)ccc12. The Labute approximate surface area is 167 Å². The first-order chi connectivity index (χ1) is 13.6. The zero-order chi connectivity index (χ0) is 19.7. The van der Waals surface area contributed by atoms with Gasteiger partial charge in [-0.25, -0.2) is 0 Å². The van der Waals surface area contributed by atoms with Gasteiger partial charge in [-0.1, -0.05) is 38.3 Å². The van der Waals surface area contributed by atoms with Crippen LogP contribution in [0.25, 0.3) is 10.9 Å². The summed E-state index contributed by atoms with van der Waals surface area (Å²) in [6.07, 6.45) is 8.54. The Morgan fingerprint density at radius 3 is 2.50 bits per heavy atom. The van der Waals surface area contributed by atoms with E-state index >= 15 is 0 Å². The second kappa shape index (κ2) is 7.85. The summed E-state index contributed by atoms with van der Waals surface area (Å²) >= 11 is 0. The molecule has 2 aliphatic rings. The lowest BCUT2D eigenvalue weighted by molar-refractivity contribution is -0.0956. The molecule has 1 aromatic carbocycles. The van der Waals surface area contributed by atoms with Gasteiger partial charge in [-0.2, -0.15) is 10.4 Å². The zero-order valence-corrected chi connectivity index (χ0v) is 16.8. The highest BCUT2D eigenvalue weighted by Gasteiger charge is 2.39. The third-order valence-corrected chi connectivity index (χ3v) is 7.11. The topological polar surface area (TPSA) is 82.1 Å². The van der Waals surface area contributed by atoms with Crippen LogP contribution in [0.3, 0.4) is 0 Å². The van der Waals surface area contributed by atoms with Crippen LogP contribution in [0.5, 0.6) is 0 Å². The molecule has 150 valence electrons. The Bertz CT molecular complexity index is 866. The summed E-state index contributed by atoms with van der Waals surface area (Å²) in [5.74, 6) is -0.121. The van der Waals surface area contributed by atoms with E-state index in [0.29, 0.717) is 31.7 Å². The van der Waals surface area contributed by atoms with Crippen LogP contribution in [0, 0.1) is 17.2 Å². The molecule has 2 N–H and O–H groups in total. The predicted molar refractivity (Wildman–Crippen MR) is 109 cm³/mol. The summed E-state index contributed by atoms with van der Waals surface area (Å²) in [6.45, 7) is 2.15. The predicted octanol–water partition coefficient (Wildman–Crippen LogP) is 4.37. The molecular weight excluding hydrogens is 350 g/mol. The van der Waals surface area contributed by atoms with Crippen molar-refractivity contribution in [2.45, 2.75) is 88.9 Å². The summed E-state index contributed by atoms with van der Waals surface area (Å²) < 4.78 is 2.24. The van der Waals surface area contributed by atoms with E-state index in [1.165, 1.54) is 43.0 Å². The maximum Gasteiger partial charge on any atom is 0.154 e. The molecule has 0 spiro atoms. The molecule has 1 heterocycles. The van der Waals surface area contributed by atoms with Crippen LogP contribution in [0.2, 0.25) is 0 Å². The van der Waals surface area contributed by atoms with E-state index < -0.39 is 11.7 Å². The van der Waals surface area contributed by atoms with Crippen molar-refractivity contribution in [2.75, 3.05) is 0 Å². The number of benzene rings is 1. The Hall–Kier alpha value is -1.90. The van der Waals surface area contributed by atoms with E-state index in [0.717, 1.165) is 17.7 Å². The third kappa shape index (κ3) is 3.33. The normalized spacial score (nSPS) is 26.6. The second-order valence-corrected chi connectivity index (χ2v) is 8.71. The van der Waals surface area contributed by atoms with E-state index in [4.69, 9.17) is 5.10 Å². The van der Waals surface area contributed by atoms with Crippen LogP contribution in [-0.2, 0) is 11.8 Å². The molecule has 0 atom stereocenters. The monoisotopic (exact) mass is 381 g/mol. The Morgan fingerprint density at radius 1 is 1.18 bits per heavy atom. The molecule has 0 bridgehead atoms. The molecule has 2 saturated carbocycles. The van der Waals surface area contributed by atoms with Gasteiger partial charge < -0.3 is 10.2 Å². The molecule has 0 saturated heterocycles. The first-order valence-electron chi connectivity index (χ1n) is 10.9. The maximum atomic E-state index is 10.1. The number of aromatic nitrogens is 2. The van der Waals surface area contributed by atoms with E-state index in [1.807, 2.05) is 0 Å². The van der Waals surface area contributed by atoms with E-state index in [1.54, 1.807) is 0 Å². The van der Waals surface area contributed by atoms with Gasteiger partial charge >= 0.3 is 0 Å². The molecule has 0 unspecified atom stereocenters. The van der Waals surface area contributed by atoms with Gasteiger partial charge in [0.1, 0.15) is 0 Å². The largest absolute Gasteiger partial charge is 0.368 e. The highest BCUT2D eigenvalue weighted by molar-refractivity contribution is 5.83. The summed E-state index contributed by atoms with van der Waals surface area (Å²) in [7, 11) is 0. The van der Waals surface area contributed by atoms with Crippen molar-refractivity contribution in [2.24, 2.45) is 5.92 Å². The van der Waals surface area contributed by atoms with E-state index in [9.17, 15) is 15.5 Å². The van der Waals surface area contributed by atoms with Crippen LogP contribution in [0.15, 0.2) is 18.2 Å². The van der Waals surface area contributed by atoms with Gasteiger partial charge in [0.15, 0.2) is 6.29 Å². The molecule has 0 radical (unpaired) electrons. The fraction of sp³-hybridized carbons (Fsp3) is 0.652. The number of nitriles is 1. The van der Waals surface area contributed by atoms with Crippen molar-refractivity contribution in [3.8, 4) is 6.07 Å². The smallest absolute Gasteiger partial charge is 0.154 e. The minimum absolute atomic E-state index is 0.121. The van der Waals surface area contributed by atoms with Gasteiger partial charge in [0.25, 0.3) is 0 Å². The molecule has 5 heteroatoms. The highest BCUT2D eigenvalue weighted by atomic mass is 16.5. The molecule has 0 amide bonds. The lowest BCUT2D eigenvalue weighted by Gasteiger charge is -2.36. The first-order valence-corrected chi connectivity index (χ1v) is 10.9. The summed E-state index contributed by atoms with van der Waals surface area (Å²) in [5.41, 5.74) is 2.84. The number of nitrogens with zero attached hydrogens (tertiary/aromatic N) is 3. The Balaban J connectivity index is 1.73. The zero-order valence-electron chi connectivity index (χ0n) is 16.8. The summed E-state index contributed by atoms with van der Waals surface area (Å²) in [6, 6.07) is 9.51. The average molecular weight is 382 g/mol. The number of aliphatic hydroxyl groups is 2. The minimum atomic E-state index is -1.28. The lowest BCUT2D eigenvalue weighted by atomic mass is 9.67. The molecule has 2 fully saturated rings. The van der Waals surface area contributed by atoms with Gasteiger partial charge in [-0.15, -0.1) is 0 Å². The highest BCUT2D eigenvalue weighted by Crippen LogP contribution is 2.43. The summed E-state index contributed by atoms with van der Waals surface area (Å²) in [5, 5.41) is 35.3. The van der Waals surface area contributed by atoms with Gasteiger partial charge in [0, 0.05) is 11.3 Å². The third-order valence-electron chi connectivity index (χ3n) is 7.11. The van der Waals surface area contributed by atoms with Gasteiger partial charge in [-0.3, -0.25) is 4.68 Å². The molecule has 2 aliphatic carbocycles. The van der Waals surface area contributed by atoms with Crippen molar-refractivity contribution in [3.63, 3.8) is 0 Å². The standard InChI is InChI=1S/C23H31N3O2/c1-2-20-19-9-8-17(23(15-24)12-10-16(11-13-23)22(27)28)14-21(19)26(25-20)18-6-4-3-5-7-18/h8-9,14,16,18,22,27-28H,2-7,10-13H2,1H3. The Kier molecular flexibility index (Phi) is 5.44. The number of rotatable bonds is 4. The van der Waals surface area contributed by atoms with Crippen molar-refractivity contribution in [1.29, 1.82) is 5.26 Å². The molecular formula is C23H31N3O2. The fourth-order valence-corrected chi connectivity index (χ4v) is 5.26. The van der Waals surface area contributed by atoms with E-state index in [2.05, 4.69) is 35.9 Å². The lowest BCUT2D eigenvalue weighted by Crippen LogP contribution is -2.34. The number of fused-ring (bicyclic) bond motifs is 1. The summed E-state index contributed by atoms with van der Waals surface area (Å²) in [4.78, 5) is 0. The second-order valence-electron chi connectivity index (χ2n) is 8.71. The molecule has 0 aliphatic heterocycles. The quantitative estimate of drug-likeness (QED) is 0.771. The maximum absolute atomic E-state index is 10.1. The van der Waals surface area contributed by atoms with Crippen molar-refractivity contribution < 1.29 is 10.2 Å². The van der Waals surface area contributed by atoms with Crippen LogP contribution >= 0.6 is 0 Å². The molecule has 4 rings (SSSR count). The number of aryl methyl sites for hydroxylation is 1. The van der Waals surface area contributed by atoms with Crippen LogP contribution in [0.4, 0.5) is 0 Å². The number of aliphatic hydroxyl groups excluding tert-OH is 1. The fourth-order valence-electron chi connectivity index (χ4n) is 5.26. The van der Waals surface area contributed by atoms with Crippen molar-refractivity contribution >= 4 is 10.9 Å². The molecule has 5 nitrogen and oxygen atoms in total. The molecule has 28 heavy (non-hydrogen) atoms. The van der Waals surface area contributed by atoms with Gasteiger partial charge in [-0.05, 0) is 56.6 Å². The van der Waals surface area contributed by atoms with Crippen LogP contribution in [-0.4, -0.2) is 26.3 Å². The van der Waals surface area contributed by atoms with Crippen molar-refractivity contribution in [1.82, 2.24) is 9.78 Å². The van der Waals surface area contributed by atoms with E-state index in [-0.39, 0.29) is 5.92 Å². The van der Waals surface area contributed by atoms with Crippen molar-refractivity contribution in [3.05, 3.63) is 29.5 Å². The van der Waals surface area contributed by atoms with Gasteiger partial charge in [0.2, 0.25) is 0 Å². The minimum Gasteiger partial charge on any atom is -0.368 e. The Morgan fingerprint density at radius 2 is 1.89 bits per heavy atom. The number of hydrogen-bond acceptors (Lipinski definition) is 4.